The van der Waals surface area contributed by atoms with Gasteiger partial charge in [0.25, 0.3) is 11.8 Å². The number of aryl methyl sites for hydroxylation is 1. The van der Waals surface area contributed by atoms with Crippen LogP contribution in [0.1, 0.15) is 24.6 Å². The van der Waals surface area contributed by atoms with Gasteiger partial charge in [0, 0.05) is 19.2 Å². The summed E-state index contributed by atoms with van der Waals surface area (Å²) in [6.45, 7) is 3.11. The van der Waals surface area contributed by atoms with Gasteiger partial charge < -0.3 is 14.2 Å². The Balaban J connectivity index is 1.54. The van der Waals surface area contributed by atoms with E-state index >= 15 is 0 Å². The summed E-state index contributed by atoms with van der Waals surface area (Å²) in [5, 5.41) is 7.84. The highest BCUT2D eigenvalue weighted by Crippen LogP contribution is 2.20. The van der Waals surface area contributed by atoms with Crippen LogP contribution in [0.4, 0.5) is 0 Å². The second kappa shape index (κ2) is 5.94. The number of carbonyl (C=O) groups is 1. The molecule has 1 aliphatic rings. The van der Waals surface area contributed by atoms with E-state index in [9.17, 15) is 4.79 Å². The van der Waals surface area contributed by atoms with E-state index in [0.717, 1.165) is 19.4 Å². The first-order valence-corrected chi connectivity index (χ1v) is 6.90. The highest BCUT2D eigenvalue weighted by atomic mass is 16.5. The summed E-state index contributed by atoms with van der Waals surface area (Å²) in [5.74, 6) is 0.938. The number of hydrogen-bond acceptors (Lipinski definition) is 6. The largest absolute Gasteiger partial charge is 0.465 e. The van der Waals surface area contributed by atoms with E-state index in [1.165, 1.54) is 6.33 Å². The fourth-order valence-electron chi connectivity index (χ4n) is 2.44. The van der Waals surface area contributed by atoms with Crippen molar-refractivity contribution in [2.45, 2.75) is 25.8 Å². The van der Waals surface area contributed by atoms with Crippen LogP contribution in [0.15, 0.2) is 23.2 Å². The Morgan fingerprint density at radius 2 is 2.48 bits per heavy atom. The van der Waals surface area contributed by atoms with Gasteiger partial charge in [0.2, 0.25) is 0 Å². The molecule has 1 saturated heterocycles. The normalized spacial score (nSPS) is 18.7. The van der Waals surface area contributed by atoms with E-state index in [1.807, 2.05) is 0 Å². The standard InChI is InChI=1S/C13H17N5O3/c1-10-5-12(16-21-10)20-7-13(19)17-4-2-3-11(6-17)18-9-14-8-15-18/h5,8-9,11H,2-4,6-7H2,1H3/t11-/m0/s1. The molecule has 0 N–H and O–H groups in total. The second-order valence-corrected chi connectivity index (χ2v) is 5.08. The molecule has 3 heterocycles. The van der Waals surface area contributed by atoms with Gasteiger partial charge in [-0.3, -0.25) is 4.79 Å². The number of amides is 1. The number of aromatic nitrogens is 4. The van der Waals surface area contributed by atoms with Gasteiger partial charge in [0.15, 0.2) is 6.61 Å². The summed E-state index contributed by atoms with van der Waals surface area (Å²) in [6.07, 6.45) is 5.14. The van der Waals surface area contributed by atoms with E-state index in [2.05, 4.69) is 15.2 Å². The highest BCUT2D eigenvalue weighted by molar-refractivity contribution is 5.77. The molecule has 112 valence electrons. The zero-order valence-electron chi connectivity index (χ0n) is 11.8. The van der Waals surface area contributed by atoms with Gasteiger partial charge in [-0.25, -0.2) is 9.67 Å². The molecular formula is C13H17N5O3. The van der Waals surface area contributed by atoms with Crippen LogP contribution < -0.4 is 4.74 Å². The number of likely N-dealkylation sites (tertiary alicyclic amines) is 1. The lowest BCUT2D eigenvalue weighted by Crippen LogP contribution is -2.43. The minimum Gasteiger partial charge on any atom is -0.465 e. The van der Waals surface area contributed by atoms with Crippen LogP contribution >= 0.6 is 0 Å². The molecule has 0 bridgehead atoms. The summed E-state index contributed by atoms with van der Waals surface area (Å²) in [4.78, 5) is 17.9. The van der Waals surface area contributed by atoms with Gasteiger partial charge in [-0.2, -0.15) is 5.10 Å². The lowest BCUT2D eigenvalue weighted by molar-refractivity contribution is -0.135. The van der Waals surface area contributed by atoms with Crippen molar-refractivity contribution in [3.05, 3.63) is 24.5 Å². The third-order valence-electron chi connectivity index (χ3n) is 3.51. The van der Waals surface area contributed by atoms with Gasteiger partial charge in [-0.05, 0) is 24.9 Å². The number of carbonyl (C=O) groups excluding carboxylic acids is 1. The van der Waals surface area contributed by atoms with Gasteiger partial charge in [-0.15, -0.1) is 0 Å². The lowest BCUT2D eigenvalue weighted by Gasteiger charge is -2.32. The molecule has 1 aliphatic heterocycles. The van der Waals surface area contributed by atoms with Crippen LogP contribution in [0.25, 0.3) is 0 Å². The third kappa shape index (κ3) is 3.21. The highest BCUT2D eigenvalue weighted by Gasteiger charge is 2.25. The molecule has 2 aromatic rings. The Labute approximate surface area is 121 Å². The average Bonchev–Trinajstić information content (AvgIpc) is 3.16. The Morgan fingerprint density at radius 3 is 3.19 bits per heavy atom. The lowest BCUT2D eigenvalue weighted by atomic mass is 10.1. The first-order chi connectivity index (χ1) is 10.2. The Morgan fingerprint density at radius 1 is 1.57 bits per heavy atom. The second-order valence-electron chi connectivity index (χ2n) is 5.08. The Bertz CT molecular complexity index is 595. The van der Waals surface area contributed by atoms with Crippen LogP contribution in [-0.4, -0.2) is 50.4 Å². The van der Waals surface area contributed by atoms with E-state index in [-0.39, 0.29) is 18.6 Å². The first-order valence-electron chi connectivity index (χ1n) is 6.90. The molecule has 8 heteroatoms. The maximum Gasteiger partial charge on any atom is 0.260 e. The summed E-state index contributed by atoms with van der Waals surface area (Å²) in [6, 6.07) is 1.83. The van der Waals surface area contributed by atoms with Crippen molar-refractivity contribution in [2.75, 3.05) is 19.7 Å². The molecule has 1 fully saturated rings. The molecular weight excluding hydrogens is 274 g/mol. The zero-order valence-corrected chi connectivity index (χ0v) is 11.8. The van der Waals surface area contributed by atoms with Crippen molar-refractivity contribution < 1.29 is 14.1 Å². The van der Waals surface area contributed by atoms with E-state index < -0.39 is 0 Å². The Kier molecular flexibility index (Phi) is 3.85. The van der Waals surface area contributed by atoms with Crippen molar-refractivity contribution >= 4 is 5.91 Å². The van der Waals surface area contributed by atoms with E-state index in [1.54, 1.807) is 28.9 Å². The van der Waals surface area contributed by atoms with Gasteiger partial charge in [-0.1, -0.05) is 0 Å². The van der Waals surface area contributed by atoms with E-state index in [4.69, 9.17) is 9.26 Å². The topological polar surface area (TPSA) is 86.3 Å². The monoisotopic (exact) mass is 291 g/mol. The molecule has 21 heavy (non-hydrogen) atoms. The molecule has 8 nitrogen and oxygen atoms in total. The average molecular weight is 291 g/mol. The SMILES string of the molecule is Cc1cc(OCC(=O)N2CCC[C@H](n3cncn3)C2)no1. The maximum atomic E-state index is 12.2. The predicted molar refractivity (Wildman–Crippen MR) is 71.6 cm³/mol. The van der Waals surface area contributed by atoms with Gasteiger partial charge >= 0.3 is 0 Å². The molecule has 0 spiro atoms. The third-order valence-corrected chi connectivity index (χ3v) is 3.51. The number of rotatable bonds is 4. The molecule has 0 radical (unpaired) electrons. The van der Waals surface area contributed by atoms with Crippen LogP contribution in [0.5, 0.6) is 5.88 Å². The minimum absolute atomic E-state index is 0.0317. The van der Waals surface area contributed by atoms with Crippen molar-refractivity contribution in [2.24, 2.45) is 0 Å². The fraction of sp³-hybridized carbons (Fsp3) is 0.538. The predicted octanol–water partition coefficient (Wildman–Crippen LogP) is 0.817. The smallest absolute Gasteiger partial charge is 0.260 e. The molecule has 1 atom stereocenters. The molecule has 2 aromatic heterocycles. The first kappa shape index (κ1) is 13.6. The number of piperidine rings is 1. The number of nitrogens with zero attached hydrogens (tertiary/aromatic N) is 5. The quantitative estimate of drug-likeness (QED) is 0.829. The number of hydrogen-bond donors (Lipinski definition) is 0. The summed E-state index contributed by atoms with van der Waals surface area (Å²) in [5.41, 5.74) is 0. The zero-order chi connectivity index (χ0) is 14.7. The summed E-state index contributed by atoms with van der Waals surface area (Å²) >= 11 is 0. The van der Waals surface area contributed by atoms with Crippen LogP contribution in [-0.2, 0) is 4.79 Å². The molecule has 0 saturated carbocycles. The van der Waals surface area contributed by atoms with Crippen molar-refractivity contribution in [1.29, 1.82) is 0 Å². The van der Waals surface area contributed by atoms with Crippen LogP contribution in [0, 0.1) is 6.92 Å². The molecule has 0 unspecified atom stereocenters. The van der Waals surface area contributed by atoms with Gasteiger partial charge in [0.05, 0.1) is 6.04 Å². The Hall–Kier alpha value is -2.38. The van der Waals surface area contributed by atoms with Crippen molar-refractivity contribution in [1.82, 2.24) is 24.8 Å². The maximum absolute atomic E-state index is 12.2. The minimum atomic E-state index is -0.0551. The summed E-state index contributed by atoms with van der Waals surface area (Å²) < 4.78 is 12.0. The summed E-state index contributed by atoms with van der Waals surface area (Å²) in [7, 11) is 0. The van der Waals surface area contributed by atoms with Crippen molar-refractivity contribution in [3.63, 3.8) is 0 Å². The van der Waals surface area contributed by atoms with Crippen molar-refractivity contribution in [3.8, 4) is 5.88 Å². The van der Waals surface area contributed by atoms with Gasteiger partial charge in [0.1, 0.15) is 18.4 Å². The molecule has 3 rings (SSSR count). The molecule has 0 aromatic carbocycles. The molecule has 1 amide bonds. The van der Waals surface area contributed by atoms with Crippen LogP contribution in [0.3, 0.4) is 0 Å². The number of ether oxygens (including phenoxy) is 1. The van der Waals surface area contributed by atoms with E-state index in [0.29, 0.717) is 18.2 Å². The molecule has 0 aliphatic carbocycles. The van der Waals surface area contributed by atoms with Crippen LogP contribution in [0.2, 0.25) is 0 Å². The fourth-order valence-corrected chi connectivity index (χ4v) is 2.44.